The second-order valence-electron chi connectivity index (χ2n) is 7.39. The van der Waals surface area contributed by atoms with Gasteiger partial charge in [0.1, 0.15) is 0 Å². The van der Waals surface area contributed by atoms with Crippen LogP contribution in [-0.2, 0) is 19.4 Å². The summed E-state index contributed by atoms with van der Waals surface area (Å²) in [6, 6.07) is 13.2. The molecule has 4 rings (SSSR count). The minimum Gasteiger partial charge on any atom is -0.360 e. The summed E-state index contributed by atoms with van der Waals surface area (Å²) in [4.78, 5) is 11.1. The van der Waals surface area contributed by atoms with E-state index in [4.69, 9.17) is 0 Å². The third-order valence-electron chi connectivity index (χ3n) is 5.19. The van der Waals surface area contributed by atoms with Crippen molar-refractivity contribution in [3.8, 4) is 22.8 Å². The van der Waals surface area contributed by atoms with Crippen LogP contribution in [0, 0.1) is 0 Å². The Bertz CT molecular complexity index is 958. The van der Waals surface area contributed by atoms with E-state index in [0.29, 0.717) is 0 Å². The van der Waals surface area contributed by atoms with Crippen LogP contribution < -0.4 is 0 Å². The second-order valence-corrected chi connectivity index (χ2v) is 7.39. The molecule has 4 heterocycles. The molecule has 144 valence electrons. The van der Waals surface area contributed by atoms with Crippen LogP contribution >= 0.6 is 0 Å². The fourth-order valence-electron chi connectivity index (χ4n) is 3.82. The number of aryl methyl sites for hydroxylation is 2. The second kappa shape index (κ2) is 8.34. The maximum Gasteiger partial charge on any atom is 0.0654 e. The average molecular weight is 373 g/mol. The fraction of sp³-hybridized carbons (Fsp3) is 0.292. The summed E-state index contributed by atoms with van der Waals surface area (Å²) in [6.45, 7) is 5.25. The zero-order valence-electron chi connectivity index (χ0n) is 16.7. The summed E-state index contributed by atoms with van der Waals surface area (Å²) in [6.07, 6.45) is 12.5. The summed E-state index contributed by atoms with van der Waals surface area (Å²) < 4.78 is 2.39. The molecule has 28 heavy (non-hydrogen) atoms. The number of pyridine rings is 1. The molecule has 0 aliphatic rings. The van der Waals surface area contributed by atoms with E-state index in [0.717, 1.165) is 32.2 Å². The quantitative estimate of drug-likeness (QED) is 0.402. The average Bonchev–Trinajstić information content (AvgIpc) is 3.43. The first kappa shape index (κ1) is 18.4. The Morgan fingerprint density at radius 2 is 1.29 bits per heavy atom. The molecule has 0 amide bonds. The molecule has 4 heteroatoms. The molecule has 0 spiro atoms. The standard InChI is InChI=1S/C24H28N4/c1-3-5-19-13-21(26-15-19)23-7-8-24(22-14-20(6-4-2)16-27-22)28(23)17-18-9-11-25-12-10-18/h7-16,26-27H,3-6,17H2,1-2H3. The number of rotatable bonds is 8. The van der Waals surface area contributed by atoms with Crippen molar-refractivity contribution in [3.63, 3.8) is 0 Å². The smallest absolute Gasteiger partial charge is 0.0654 e. The predicted octanol–water partition coefficient (Wildman–Crippen LogP) is 5.83. The highest BCUT2D eigenvalue weighted by Crippen LogP contribution is 2.30. The highest BCUT2D eigenvalue weighted by atomic mass is 15.0. The minimum atomic E-state index is 0.810. The van der Waals surface area contributed by atoms with Crippen molar-refractivity contribution in [2.75, 3.05) is 0 Å². The van der Waals surface area contributed by atoms with Gasteiger partial charge < -0.3 is 14.5 Å². The summed E-state index contributed by atoms with van der Waals surface area (Å²) in [5.74, 6) is 0. The predicted molar refractivity (Wildman–Crippen MR) is 115 cm³/mol. The Morgan fingerprint density at radius 3 is 1.79 bits per heavy atom. The zero-order valence-corrected chi connectivity index (χ0v) is 16.7. The summed E-state index contributed by atoms with van der Waals surface area (Å²) in [7, 11) is 0. The van der Waals surface area contributed by atoms with Gasteiger partial charge in [-0.25, -0.2) is 0 Å². The highest BCUT2D eigenvalue weighted by molar-refractivity contribution is 5.67. The number of nitrogens with zero attached hydrogens (tertiary/aromatic N) is 2. The molecule has 0 atom stereocenters. The van der Waals surface area contributed by atoms with Gasteiger partial charge in [0.15, 0.2) is 0 Å². The monoisotopic (exact) mass is 372 g/mol. The van der Waals surface area contributed by atoms with E-state index >= 15 is 0 Å². The molecular weight excluding hydrogens is 344 g/mol. The normalized spacial score (nSPS) is 11.2. The Hall–Kier alpha value is -3.01. The van der Waals surface area contributed by atoms with Gasteiger partial charge in [-0.3, -0.25) is 4.98 Å². The van der Waals surface area contributed by atoms with Gasteiger partial charge in [0, 0.05) is 31.3 Å². The summed E-state index contributed by atoms with van der Waals surface area (Å²) in [5, 5.41) is 0. The van der Waals surface area contributed by atoms with Crippen LogP contribution in [0.25, 0.3) is 22.8 Å². The third kappa shape index (κ3) is 3.81. The van der Waals surface area contributed by atoms with Gasteiger partial charge >= 0.3 is 0 Å². The Morgan fingerprint density at radius 1 is 0.750 bits per heavy atom. The van der Waals surface area contributed by atoms with E-state index in [2.05, 4.69) is 82.2 Å². The van der Waals surface area contributed by atoms with Crippen molar-refractivity contribution < 1.29 is 0 Å². The highest BCUT2D eigenvalue weighted by Gasteiger charge is 2.15. The van der Waals surface area contributed by atoms with E-state index in [1.54, 1.807) is 0 Å². The number of H-pyrrole nitrogens is 2. The van der Waals surface area contributed by atoms with E-state index in [1.165, 1.54) is 39.5 Å². The first-order valence-electron chi connectivity index (χ1n) is 10.2. The van der Waals surface area contributed by atoms with Crippen molar-refractivity contribution in [2.24, 2.45) is 0 Å². The number of hydrogen-bond acceptors (Lipinski definition) is 1. The Balaban J connectivity index is 1.75. The minimum absolute atomic E-state index is 0.810. The van der Waals surface area contributed by atoms with Crippen molar-refractivity contribution in [3.05, 3.63) is 77.9 Å². The van der Waals surface area contributed by atoms with Crippen LogP contribution in [0.15, 0.2) is 61.2 Å². The number of hydrogen-bond donors (Lipinski definition) is 2. The lowest BCUT2D eigenvalue weighted by Gasteiger charge is -2.13. The van der Waals surface area contributed by atoms with Crippen LogP contribution in [0.1, 0.15) is 43.4 Å². The van der Waals surface area contributed by atoms with Crippen LogP contribution in [0.5, 0.6) is 0 Å². The largest absolute Gasteiger partial charge is 0.360 e. The molecule has 4 aromatic rings. The topological polar surface area (TPSA) is 49.4 Å². The van der Waals surface area contributed by atoms with Crippen LogP contribution in [0.2, 0.25) is 0 Å². The Kier molecular flexibility index (Phi) is 5.47. The molecule has 0 aliphatic heterocycles. The number of nitrogens with one attached hydrogen (secondary N) is 2. The summed E-state index contributed by atoms with van der Waals surface area (Å²) >= 11 is 0. The van der Waals surface area contributed by atoms with Crippen LogP contribution in [0.3, 0.4) is 0 Å². The zero-order chi connectivity index (χ0) is 19.3. The van der Waals surface area contributed by atoms with Crippen molar-refractivity contribution in [2.45, 2.75) is 46.1 Å². The molecule has 4 nitrogen and oxygen atoms in total. The summed E-state index contributed by atoms with van der Waals surface area (Å²) in [5.41, 5.74) is 8.73. The van der Waals surface area contributed by atoms with Crippen LogP contribution in [0.4, 0.5) is 0 Å². The van der Waals surface area contributed by atoms with E-state index in [1.807, 2.05) is 12.4 Å². The van der Waals surface area contributed by atoms with Gasteiger partial charge in [0.25, 0.3) is 0 Å². The maximum atomic E-state index is 4.16. The van der Waals surface area contributed by atoms with E-state index in [-0.39, 0.29) is 0 Å². The SMILES string of the molecule is CCCc1c[nH]c(-c2ccc(-c3cc(CCC)c[nH]3)n2Cc2ccncc2)c1. The molecule has 0 saturated carbocycles. The van der Waals surface area contributed by atoms with E-state index in [9.17, 15) is 0 Å². The maximum absolute atomic E-state index is 4.16. The van der Waals surface area contributed by atoms with Gasteiger partial charge in [-0.1, -0.05) is 26.7 Å². The van der Waals surface area contributed by atoms with Crippen molar-refractivity contribution >= 4 is 0 Å². The van der Waals surface area contributed by atoms with Crippen LogP contribution in [-0.4, -0.2) is 19.5 Å². The van der Waals surface area contributed by atoms with Gasteiger partial charge in [-0.05, 0) is 65.9 Å². The molecule has 0 radical (unpaired) electrons. The van der Waals surface area contributed by atoms with Crippen molar-refractivity contribution in [1.29, 1.82) is 0 Å². The lowest BCUT2D eigenvalue weighted by atomic mass is 10.2. The van der Waals surface area contributed by atoms with Crippen molar-refractivity contribution in [1.82, 2.24) is 19.5 Å². The lowest BCUT2D eigenvalue weighted by molar-refractivity contribution is 0.816. The Labute approximate surface area is 166 Å². The van der Waals surface area contributed by atoms with Gasteiger partial charge in [-0.15, -0.1) is 0 Å². The third-order valence-corrected chi connectivity index (χ3v) is 5.19. The molecule has 0 bridgehead atoms. The molecule has 0 fully saturated rings. The molecule has 2 N–H and O–H groups in total. The van der Waals surface area contributed by atoms with E-state index < -0.39 is 0 Å². The fourth-order valence-corrected chi connectivity index (χ4v) is 3.82. The van der Waals surface area contributed by atoms with Gasteiger partial charge in [0.2, 0.25) is 0 Å². The first-order valence-corrected chi connectivity index (χ1v) is 10.2. The molecular formula is C24H28N4. The molecule has 0 unspecified atom stereocenters. The molecule has 0 saturated heterocycles. The molecule has 0 aromatic carbocycles. The molecule has 4 aromatic heterocycles. The first-order chi connectivity index (χ1) is 13.8. The van der Waals surface area contributed by atoms with Gasteiger partial charge in [0.05, 0.1) is 22.8 Å². The molecule has 0 aliphatic carbocycles. The number of aromatic amines is 2. The number of aromatic nitrogens is 4. The lowest BCUT2D eigenvalue weighted by Crippen LogP contribution is -2.04. The van der Waals surface area contributed by atoms with Gasteiger partial charge in [-0.2, -0.15) is 0 Å².